The molecular weight excluding hydrogens is 238 g/mol. The van der Waals surface area contributed by atoms with E-state index in [0.29, 0.717) is 12.0 Å². The van der Waals surface area contributed by atoms with E-state index in [4.69, 9.17) is 9.47 Å². The number of benzene rings is 1. The van der Waals surface area contributed by atoms with Crippen LogP contribution in [-0.2, 0) is 9.47 Å². The van der Waals surface area contributed by atoms with Crippen LogP contribution in [0.1, 0.15) is 30.9 Å². The van der Waals surface area contributed by atoms with Crippen molar-refractivity contribution in [2.75, 3.05) is 26.9 Å². The smallest absolute Gasteiger partial charge is 0.0940 e. The lowest BCUT2D eigenvalue weighted by molar-refractivity contribution is -0.103. The first-order valence-electron chi connectivity index (χ1n) is 7.27. The van der Waals surface area contributed by atoms with Crippen LogP contribution in [0.3, 0.4) is 0 Å². The van der Waals surface area contributed by atoms with E-state index in [-0.39, 0.29) is 5.60 Å². The quantitative estimate of drug-likeness (QED) is 0.907. The van der Waals surface area contributed by atoms with Crippen LogP contribution in [0.4, 0.5) is 0 Å². The normalized spacial score (nSPS) is 32.6. The van der Waals surface area contributed by atoms with E-state index in [2.05, 4.69) is 42.7 Å². The van der Waals surface area contributed by atoms with Gasteiger partial charge in [0, 0.05) is 25.7 Å². The van der Waals surface area contributed by atoms with Crippen molar-refractivity contribution in [2.24, 2.45) is 5.92 Å². The summed E-state index contributed by atoms with van der Waals surface area (Å²) in [5.41, 5.74) is 1.37. The first kappa shape index (κ1) is 13.1. The van der Waals surface area contributed by atoms with Gasteiger partial charge in [0.2, 0.25) is 0 Å². The van der Waals surface area contributed by atoms with Crippen molar-refractivity contribution in [1.82, 2.24) is 5.32 Å². The van der Waals surface area contributed by atoms with E-state index in [9.17, 15) is 0 Å². The molecule has 2 fully saturated rings. The summed E-state index contributed by atoms with van der Waals surface area (Å²) in [6.45, 7) is 2.48. The van der Waals surface area contributed by atoms with E-state index in [1.165, 1.54) is 5.56 Å². The van der Waals surface area contributed by atoms with Crippen LogP contribution in [0, 0.1) is 5.92 Å². The molecule has 0 radical (unpaired) electrons. The Hall–Kier alpha value is -0.900. The first-order chi connectivity index (χ1) is 9.33. The van der Waals surface area contributed by atoms with Gasteiger partial charge in [0.25, 0.3) is 0 Å². The molecule has 0 amide bonds. The topological polar surface area (TPSA) is 30.5 Å². The molecule has 3 nitrogen and oxygen atoms in total. The van der Waals surface area contributed by atoms with Crippen molar-refractivity contribution in [3.05, 3.63) is 35.9 Å². The van der Waals surface area contributed by atoms with Crippen LogP contribution in [-0.4, -0.2) is 32.5 Å². The molecule has 2 saturated heterocycles. The highest BCUT2D eigenvalue weighted by molar-refractivity contribution is 5.20. The molecule has 3 atom stereocenters. The van der Waals surface area contributed by atoms with Gasteiger partial charge in [0.05, 0.1) is 12.2 Å². The number of hydrogen-bond acceptors (Lipinski definition) is 3. The Bertz CT molecular complexity index is 400. The zero-order valence-corrected chi connectivity index (χ0v) is 11.6. The lowest BCUT2D eigenvalue weighted by Gasteiger charge is -2.40. The van der Waals surface area contributed by atoms with Crippen LogP contribution in [0.5, 0.6) is 0 Å². The van der Waals surface area contributed by atoms with Gasteiger partial charge in [-0.05, 0) is 31.4 Å². The molecule has 1 N–H and O–H groups in total. The molecule has 104 valence electrons. The van der Waals surface area contributed by atoms with Gasteiger partial charge in [-0.3, -0.25) is 0 Å². The molecule has 2 aliphatic rings. The van der Waals surface area contributed by atoms with Gasteiger partial charge in [-0.1, -0.05) is 30.3 Å². The summed E-state index contributed by atoms with van der Waals surface area (Å²) >= 11 is 0. The Morgan fingerprint density at radius 1 is 1.26 bits per heavy atom. The molecule has 3 heteroatoms. The second kappa shape index (κ2) is 5.61. The highest BCUT2D eigenvalue weighted by Crippen LogP contribution is 2.40. The number of nitrogens with one attached hydrogen (secondary N) is 1. The molecule has 0 aromatic heterocycles. The Morgan fingerprint density at radius 3 is 2.79 bits per heavy atom. The highest BCUT2D eigenvalue weighted by Gasteiger charge is 2.42. The van der Waals surface area contributed by atoms with E-state index in [0.717, 1.165) is 39.1 Å². The van der Waals surface area contributed by atoms with E-state index in [1.54, 1.807) is 0 Å². The van der Waals surface area contributed by atoms with Gasteiger partial charge < -0.3 is 14.8 Å². The molecule has 1 aromatic carbocycles. The first-order valence-corrected chi connectivity index (χ1v) is 7.27. The standard InChI is InChI=1S/C16H23NO2/c1-17-15(13-5-3-2-4-6-13)14-7-9-19-16(11-14)8-10-18-12-16/h2-6,14-15,17H,7-12H2,1H3. The van der Waals surface area contributed by atoms with Crippen molar-refractivity contribution < 1.29 is 9.47 Å². The van der Waals surface area contributed by atoms with E-state index >= 15 is 0 Å². The summed E-state index contributed by atoms with van der Waals surface area (Å²) < 4.78 is 11.6. The SMILES string of the molecule is CNC(c1ccccc1)C1CCOC2(CCOC2)C1. The molecule has 1 aromatic rings. The van der Waals surface area contributed by atoms with Crippen molar-refractivity contribution in [3.8, 4) is 0 Å². The fourth-order valence-corrected chi connectivity index (χ4v) is 3.55. The Balaban J connectivity index is 1.76. The molecule has 0 bridgehead atoms. The zero-order chi connectivity index (χ0) is 13.1. The lowest BCUT2D eigenvalue weighted by Crippen LogP contribution is -2.43. The van der Waals surface area contributed by atoms with Gasteiger partial charge in [-0.2, -0.15) is 0 Å². The van der Waals surface area contributed by atoms with Gasteiger partial charge in [0.15, 0.2) is 0 Å². The largest absolute Gasteiger partial charge is 0.378 e. The van der Waals surface area contributed by atoms with E-state index in [1.807, 2.05) is 0 Å². The molecule has 0 saturated carbocycles. The fourth-order valence-electron chi connectivity index (χ4n) is 3.55. The molecule has 0 aliphatic carbocycles. The predicted molar refractivity (Wildman–Crippen MR) is 75.1 cm³/mol. The van der Waals surface area contributed by atoms with Gasteiger partial charge in [-0.15, -0.1) is 0 Å². The molecule has 1 spiro atoms. The average molecular weight is 261 g/mol. The lowest BCUT2D eigenvalue weighted by atomic mass is 9.79. The molecule has 3 unspecified atom stereocenters. The van der Waals surface area contributed by atoms with Crippen molar-refractivity contribution in [2.45, 2.75) is 30.9 Å². The third-order valence-corrected chi connectivity index (χ3v) is 4.54. The Labute approximate surface area is 115 Å². The van der Waals surface area contributed by atoms with Crippen molar-refractivity contribution in [3.63, 3.8) is 0 Å². The highest BCUT2D eigenvalue weighted by atomic mass is 16.6. The number of hydrogen-bond donors (Lipinski definition) is 1. The molecule has 2 aliphatic heterocycles. The minimum atomic E-state index is -0.00715. The third-order valence-electron chi connectivity index (χ3n) is 4.54. The summed E-state index contributed by atoms with van der Waals surface area (Å²) in [7, 11) is 2.06. The van der Waals surface area contributed by atoms with Gasteiger partial charge in [-0.25, -0.2) is 0 Å². The second-order valence-corrected chi connectivity index (χ2v) is 5.76. The number of ether oxygens (including phenoxy) is 2. The summed E-state index contributed by atoms with van der Waals surface area (Å²) in [5.74, 6) is 0.628. The molecule has 2 heterocycles. The molecular formula is C16H23NO2. The maximum atomic E-state index is 6.03. The monoisotopic (exact) mass is 261 g/mol. The minimum Gasteiger partial charge on any atom is -0.378 e. The maximum absolute atomic E-state index is 6.03. The van der Waals surface area contributed by atoms with Gasteiger partial charge in [0.1, 0.15) is 0 Å². The van der Waals surface area contributed by atoms with Crippen molar-refractivity contribution in [1.29, 1.82) is 0 Å². The second-order valence-electron chi connectivity index (χ2n) is 5.76. The summed E-state index contributed by atoms with van der Waals surface area (Å²) in [5, 5.41) is 3.50. The molecule has 19 heavy (non-hydrogen) atoms. The van der Waals surface area contributed by atoms with Crippen LogP contribution in [0.25, 0.3) is 0 Å². The van der Waals surface area contributed by atoms with Crippen LogP contribution >= 0.6 is 0 Å². The number of rotatable bonds is 3. The minimum absolute atomic E-state index is 0.00715. The molecule has 3 rings (SSSR count). The third kappa shape index (κ3) is 2.69. The summed E-state index contributed by atoms with van der Waals surface area (Å²) in [6, 6.07) is 11.2. The van der Waals surface area contributed by atoms with Gasteiger partial charge >= 0.3 is 0 Å². The van der Waals surface area contributed by atoms with Crippen molar-refractivity contribution >= 4 is 0 Å². The van der Waals surface area contributed by atoms with E-state index < -0.39 is 0 Å². The average Bonchev–Trinajstić information content (AvgIpc) is 2.89. The van der Waals surface area contributed by atoms with Crippen LogP contribution in [0.15, 0.2) is 30.3 Å². The van der Waals surface area contributed by atoms with Crippen LogP contribution in [0.2, 0.25) is 0 Å². The predicted octanol–water partition coefficient (Wildman–Crippen LogP) is 2.53. The fraction of sp³-hybridized carbons (Fsp3) is 0.625. The summed E-state index contributed by atoms with van der Waals surface area (Å²) in [4.78, 5) is 0. The maximum Gasteiger partial charge on any atom is 0.0940 e. The summed E-state index contributed by atoms with van der Waals surface area (Å²) in [6.07, 6.45) is 3.28. The Morgan fingerprint density at radius 2 is 2.11 bits per heavy atom. The zero-order valence-electron chi connectivity index (χ0n) is 11.6. The van der Waals surface area contributed by atoms with Crippen LogP contribution < -0.4 is 5.32 Å². The Kier molecular flexibility index (Phi) is 3.87.